The molecule has 0 aromatic rings. The molecule has 566 valence electrons. The van der Waals surface area contributed by atoms with E-state index in [4.69, 9.17) is 18.5 Å². The Balaban J connectivity index is 3.84. The number of ether oxygens (including phenoxy) is 2. The molecule has 0 aliphatic carbocycles. The van der Waals surface area contributed by atoms with Crippen LogP contribution in [0, 0.1) is 0 Å². The fraction of sp³-hybridized carbons (Fsp3) is 0.953. The molecule has 0 radical (unpaired) electrons. The summed E-state index contributed by atoms with van der Waals surface area (Å²) in [6.07, 6.45) is 98.3. The first-order valence-corrected chi connectivity index (χ1v) is 44.4. The lowest BCUT2D eigenvalue weighted by atomic mass is 10.0. The maximum atomic E-state index is 12.9. The summed E-state index contributed by atoms with van der Waals surface area (Å²) in [7, 11) is 1.51. The lowest BCUT2D eigenvalue weighted by Gasteiger charge is -2.24. The van der Waals surface area contributed by atoms with Crippen LogP contribution in [-0.2, 0) is 32.7 Å². The van der Waals surface area contributed by atoms with Crippen LogP contribution in [0.4, 0.5) is 0 Å². The quantitative estimate of drug-likeness (QED) is 0.0211. The number of rotatable bonds is 82. The van der Waals surface area contributed by atoms with E-state index >= 15 is 0 Å². The van der Waals surface area contributed by atoms with E-state index in [-0.39, 0.29) is 25.6 Å². The van der Waals surface area contributed by atoms with Crippen LogP contribution >= 0.6 is 7.82 Å². The molecule has 2 atom stereocenters. The van der Waals surface area contributed by atoms with Crippen molar-refractivity contribution in [2.24, 2.45) is 0 Å². The van der Waals surface area contributed by atoms with Crippen LogP contribution in [-0.4, -0.2) is 74.9 Å². The van der Waals surface area contributed by atoms with Gasteiger partial charge in [0.2, 0.25) is 0 Å². The van der Waals surface area contributed by atoms with Gasteiger partial charge < -0.3 is 18.9 Å². The highest BCUT2D eigenvalue weighted by Crippen LogP contribution is 2.43. The van der Waals surface area contributed by atoms with Crippen LogP contribution in [0.25, 0.3) is 0 Å². The molecule has 0 aliphatic heterocycles. The number of quaternary nitrogens is 1. The summed E-state index contributed by atoms with van der Waals surface area (Å²) in [6, 6.07) is 0. The third-order valence-corrected chi connectivity index (χ3v) is 21.0. The van der Waals surface area contributed by atoms with E-state index in [1.54, 1.807) is 0 Å². The maximum Gasteiger partial charge on any atom is 0.472 e. The van der Waals surface area contributed by atoms with Crippen molar-refractivity contribution in [3.63, 3.8) is 0 Å². The number of carbonyl (C=O) groups excluding carboxylic acids is 2. The average molecular weight is 1360 g/mol. The lowest BCUT2D eigenvalue weighted by Crippen LogP contribution is -2.37. The first-order chi connectivity index (χ1) is 46.5. The van der Waals surface area contributed by atoms with Gasteiger partial charge in [0, 0.05) is 12.8 Å². The Kier molecular flexibility index (Phi) is 75.9. The van der Waals surface area contributed by atoms with Gasteiger partial charge >= 0.3 is 19.8 Å². The smallest absolute Gasteiger partial charge is 0.462 e. The van der Waals surface area contributed by atoms with Crippen molar-refractivity contribution in [3.05, 3.63) is 12.2 Å². The van der Waals surface area contributed by atoms with Crippen molar-refractivity contribution < 1.29 is 42.1 Å². The second-order valence-electron chi connectivity index (χ2n) is 30.9. The number of allylic oxidation sites excluding steroid dienone is 2. The van der Waals surface area contributed by atoms with Crippen LogP contribution in [0.15, 0.2) is 12.2 Å². The fourth-order valence-electron chi connectivity index (χ4n) is 13.5. The molecular weight excluding hydrogens is 1190 g/mol. The van der Waals surface area contributed by atoms with E-state index in [2.05, 4.69) is 26.0 Å². The second kappa shape index (κ2) is 76.9. The average Bonchev–Trinajstić information content (AvgIpc) is 1.81. The SMILES string of the molecule is CCCCCCCCCC/C=C\CCCCCCCCCCCCCCCCCCCCCCCCCCCCCCCC(=O)OC(COC(=O)CCCCCCCCCCCCCCCCCCCCCCCCCCCCCCCC)COP(=O)(O)OCC[N+](C)(C)C. The summed E-state index contributed by atoms with van der Waals surface area (Å²) in [5.74, 6) is -0.764. The molecule has 0 spiro atoms. The Morgan fingerprint density at radius 2 is 0.537 bits per heavy atom. The number of phosphoric ester groups is 1. The predicted molar refractivity (Wildman–Crippen MR) is 414 cm³/mol. The summed E-state index contributed by atoms with van der Waals surface area (Å²) in [6.45, 7) is 4.54. The molecule has 0 rings (SSSR count). The number of phosphoric acid groups is 1. The van der Waals surface area contributed by atoms with Crippen molar-refractivity contribution in [1.82, 2.24) is 0 Å². The maximum absolute atomic E-state index is 12.9. The van der Waals surface area contributed by atoms with Crippen molar-refractivity contribution >= 4 is 19.8 Å². The Labute approximate surface area is 594 Å². The summed E-state index contributed by atoms with van der Waals surface area (Å²) in [5.41, 5.74) is 0. The number of nitrogens with zero attached hydrogens (tertiary/aromatic N) is 1. The van der Waals surface area contributed by atoms with Gasteiger partial charge in [0.1, 0.15) is 19.8 Å². The third-order valence-electron chi connectivity index (χ3n) is 20.0. The third kappa shape index (κ3) is 81.6. The molecule has 0 aliphatic rings. The second-order valence-corrected chi connectivity index (χ2v) is 32.4. The van der Waals surface area contributed by atoms with Gasteiger partial charge in [-0.1, -0.05) is 431 Å². The minimum absolute atomic E-state index is 0.0373. The van der Waals surface area contributed by atoms with Gasteiger partial charge in [-0.25, -0.2) is 4.57 Å². The molecule has 10 heteroatoms. The topological polar surface area (TPSA) is 108 Å². The highest BCUT2D eigenvalue weighted by Gasteiger charge is 2.27. The summed E-state index contributed by atoms with van der Waals surface area (Å²) in [4.78, 5) is 36.0. The van der Waals surface area contributed by atoms with E-state index in [0.717, 1.165) is 38.5 Å². The number of carbonyl (C=O) groups is 2. The predicted octanol–water partition coefficient (Wildman–Crippen LogP) is 28.6. The van der Waals surface area contributed by atoms with E-state index in [1.807, 2.05) is 21.1 Å². The van der Waals surface area contributed by atoms with Crippen molar-refractivity contribution in [1.29, 1.82) is 0 Å². The molecule has 0 bridgehead atoms. The van der Waals surface area contributed by atoms with E-state index < -0.39 is 26.5 Å². The molecule has 0 saturated carbocycles. The van der Waals surface area contributed by atoms with Gasteiger partial charge in [-0.3, -0.25) is 18.6 Å². The molecule has 0 heterocycles. The number of esters is 2. The van der Waals surface area contributed by atoms with Crippen LogP contribution in [0.5, 0.6) is 0 Å². The first kappa shape index (κ1) is 93.8. The molecule has 0 aromatic carbocycles. The molecule has 0 saturated heterocycles. The Morgan fingerprint density at radius 3 is 0.779 bits per heavy atom. The molecule has 95 heavy (non-hydrogen) atoms. The van der Waals surface area contributed by atoms with E-state index in [0.29, 0.717) is 17.4 Å². The number of hydrogen-bond acceptors (Lipinski definition) is 7. The molecule has 0 amide bonds. The Bertz CT molecular complexity index is 1600. The summed E-state index contributed by atoms with van der Waals surface area (Å²) in [5, 5.41) is 0. The van der Waals surface area contributed by atoms with E-state index in [9.17, 15) is 19.0 Å². The largest absolute Gasteiger partial charge is 0.472 e. The Hall–Kier alpha value is -1.25. The lowest BCUT2D eigenvalue weighted by molar-refractivity contribution is -0.870. The molecule has 2 unspecified atom stereocenters. The zero-order valence-corrected chi connectivity index (χ0v) is 65.9. The van der Waals surface area contributed by atoms with Crippen molar-refractivity contribution in [3.8, 4) is 0 Å². The summed E-state index contributed by atoms with van der Waals surface area (Å²) < 4.78 is 34.9. The van der Waals surface area contributed by atoms with Crippen LogP contribution < -0.4 is 0 Å². The number of likely N-dealkylation sites (N-methyl/N-ethyl adjacent to an activating group) is 1. The normalized spacial score (nSPS) is 12.9. The first-order valence-electron chi connectivity index (χ1n) is 42.9. The monoisotopic (exact) mass is 1360 g/mol. The molecule has 0 aromatic heterocycles. The molecule has 9 nitrogen and oxygen atoms in total. The zero-order chi connectivity index (χ0) is 69.0. The fourth-order valence-corrected chi connectivity index (χ4v) is 14.2. The summed E-state index contributed by atoms with van der Waals surface area (Å²) >= 11 is 0. The van der Waals surface area contributed by atoms with Crippen LogP contribution in [0.3, 0.4) is 0 Å². The standard InChI is InChI=1S/C85H168NO8P/c1-6-8-10-12-14-16-18-20-22-24-26-28-30-32-34-36-38-39-40-41-42-43-44-45-46-47-48-50-52-54-56-58-60-62-64-66-68-70-72-74-76-78-85(88)94-83(82-93-95(89,90)92-80-79-86(3,4)5)81-91-84(87)77-75-73-71-69-67-65-63-61-59-57-55-53-51-49-37-35-33-31-29-27-25-23-21-19-17-15-13-11-9-7-2/h24,26,83H,6-23,25,27-82H2,1-5H3/p+1/b26-24-. The number of hydrogen-bond donors (Lipinski definition) is 1. The van der Waals surface area contributed by atoms with Gasteiger partial charge in [0.05, 0.1) is 27.7 Å². The molecule has 0 fully saturated rings. The minimum atomic E-state index is -4.39. The molecule has 1 N–H and O–H groups in total. The van der Waals surface area contributed by atoms with Gasteiger partial charge in [-0.15, -0.1) is 0 Å². The number of unbranched alkanes of at least 4 members (excludes halogenated alkanes) is 66. The van der Waals surface area contributed by atoms with Gasteiger partial charge in [-0.05, 0) is 38.5 Å². The van der Waals surface area contributed by atoms with Crippen molar-refractivity contribution in [2.45, 2.75) is 476 Å². The van der Waals surface area contributed by atoms with Gasteiger partial charge in [-0.2, -0.15) is 0 Å². The Morgan fingerprint density at radius 1 is 0.316 bits per heavy atom. The van der Waals surface area contributed by atoms with Gasteiger partial charge in [0.25, 0.3) is 0 Å². The van der Waals surface area contributed by atoms with Crippen LogP contribution in [0.2, 0.25) is 0 Å². The van der Waals surface area contributed by atoms with Gasteiger partial charge in [0.15, 0.2) is 6.10 Å². The van der Waals surface area contributed by atoms with Crippen molar-refractivity contribution in [2.75, 3.05) is 47.5 Å². The van der Waals surface area contributed by atoms with Crippen LogP contribution in [0.1, 0.15) is 470 Å². The highest BCUT2D eigenvalue weighted by atomic mass is 31.2. The highest BCUT2D eigenvalue weighted by molar-refractivity contribution is 7.47. The zero-order valence-electron chi connectivity index (χ0n) is 65.0. The molecular formula is C85H169NO8P+. The minimum Gasteiger partial charge on any atom is -0.462 e. The van der Waals surface area contributed by atoms with E-state index in [1.165, 1.54) is 405 Å².